The molecule has 1 amide bonds. The van der Waals surface area contributed by atoms with E-state index in [4.69, 9.17) is 5.73 Å². The van der Waals surface area contributed by atoms with Gasteiger partial charge in [0.05, 0.1) is 13.2 Å². The summed E-state index contributed by atoms with van der Waals surface area (Å²) >= 11 is 0. The molecule has 0 saturated carbocycles. The molecule has 0 aliphatic heterocycles. The van der Waals surface area contributed by atoms with Crippen molar-refractivity contribution in [1.82, 2.24) is 5.32 Å². The molecule has 0 aromatic carbocycles. The Morgan fingerprint density at radius 1 is 1.36 bits per heavy atom. The average molecular weight is 200 g/mol. The summed E-state index contributed by atoms with van der Waals surface area (Å²) in [6.45, 7) is 4.94. The Morgan fingerprint density at radius 3 is 2.14 bits per heavy atom. The van der Waals surface area contributed by atoms with Crippen molar-refractivity contribution >= 4 is 11.9 Å². The average Bonchev–Trinajstić information content (AvgIpc) is 2.11. The molecule has 14 heavy (non-hydrogen) atoms. The summed E-state index contributed by atoms with van der Waals surface area (Å²) in [7, 11) is 1.25. The third-order valence-corrected chi connectivity index (χ3v) is 1.55. The molecule has 0 heterocycles. The van der Waals surface area contributed by atoms with Crippen molar-refractivity contribution in [2.24, 2.45) is 5.73 Å². The zero-order valence-electron chi connectivity index (χ0n) is 8.88. The molecule has 1 unspecified atom stereocenters. The number of hydrogen-bond donors (Lipinski definition) is 2. The van der Waals surface area contributed by atoms with Crippen LogP contribution in [0.1, 0.15) is 20.8 Å². The lowest BCUT2D eigenvalue weighted by Crippen LogP contribution is -2.40. The van der Waals surface area contributed by atoms with E-state index in [1.54, 1.807) is 13.8 Å². The highest BCUT2D eigenvalue weighted by molar-refractivity contribution is 5.95. The number of nitrogens with two attached hydrogens (primary N) is 1. The topological polar surface area (TPSA) is 81.4 Å². The minimum absolute atomic E-state index is 0.148. The van der Waals surface area contributed by atoms with Gasteiger partial charge in [0.2, 0.25) is 5.91 Å². The zero-order valence-corrected chi connectivity index (χ0v) is 8.88. The van der Waals surface area contributed by atoms with Gasteiger partial charge in [0.1, 0.15) is 5.70 Å². The summed E-state index contributed by atoms with van der Waals surface area (Å²) in [5.74, 6) is -0.981. The van der Waals surface area contributed by atoms with Gasteiger partial charge in [-0.05, 0) is 26.3 Å². The smallest absolute Gasteiger partial charge is 0.354 e. The molecule has 0 aliphatic rings. The first kappa shape index (κ1) is 12.6. The molecule has 0 saturated heterocycles. The van der Waals surface area contributed by atoms with Gasteiger partial charge < -0.3 is 15.8 Å². The number of amides is 1. The summed E-state index contributed by atoms with van der Waals surface area (Å²) in [6.07, 6.45) is 0. The van der Waals surface area contributed by atoms with Crippen LogP contribution in [0.5, 0.6) is 0 Å². The van der Waals surface area contributed by atoms with E-state index < -0.39 is 17.9 Å². The highest BCUT2D eigenvalue weighted by Gasteiger charge is 2.16. The molecule has 0 radical (unpaired) electrons. The largest absolute Gasteiger partial charge is 0.464 e. The van der Waals surface area contributed by atoms with E-state index in [-0.39, 0.29) is 5.70 Å². The molecule has 0 rings (SSSR count). The van der Waals surface area contributed by atoms with Crippen LogP contribution >= 0.6 is 0 Å². The number of methoxy groups -OCH3 is 1. The molecule has 0 aromatic heterocycles. The molecule has 0 aliphatic carbocycles. The van der Waals surface area contributed by atoms with Crippen molar-refractivity contribution in [2.45, 2.75) is 26.8 Å². The summed E-state index contributed by atoms with van der Waals surface area (Å²) in [5.41, 5.74) is 6.16. The van der Waals surface area contributed by atoms with Gasteiger partial charge in [0.25, 0.3) is 0 Å². The van der Waals surface area contributed by atoms with Crippen LogP contribution in [0.2, 0.25) is 0 Å². The number of nitrogens with one attached hydrogen (secondary N) is 1. The fraction of sp³-hybridized carbons (Fsp3) is 0.556. The van der Waals surface area contributed by atoms with Gasteiger partial charge in [-0.1, -0.05) is 0 Å². The van der Waals surface area contributed by atoms with Crippen LogP contribution in [0, 0.1) is 0 Å². The first-order chi connectivity index (χ1) is 6.40. The van der Waals surface area contributed by atoms with Crippen LogP contribution in [0.3, 0.4) is 0 Å². The fourth-order valence-electron chi connectivity index (χ4n) is 0.719. The van der Waals surface area contributed by atoms with Crippen LogP contribution < -0.4 is 11.1 Å². The van der Waals surface area contributed by atoms with Crippen molar-refractivity contribution in [2.75, 3.05) is 7.11 Å². The Balaban J connectivity index is 4.66. The maximum Gasteiger partial charge on any atom is 0.354 e. The van der Waals surface area contributed by atoms with E-state index in [0.717, 1.165) is 0 Å². The molecule has 5 heteroatoms. The molecule has 0 bridgehead atoms. The van der Waals surface area contributed by atoms with Crippen LogP contribution in [-0.2, 0) is 14.3 Å². The molecular weight excluding hydrogens is 184 g/mol. The quantitative estimate of drug-likeness (QED) is 0.493. The minimum Gasteiger partial charge on any atom is -0.464 e. The molecule has 0 aromatic rings. The third-order valence-electron chi connectivity index (χ3n) is 1.55. The Labute approximate surface area is 83.3 Å². The lowest BCUT2D eigenvalue weighted by atomic mass is 10.2. The van der Waals surface area contributed by atoms with Gasteiger partial charge in [-0.15, -0.1) is 0 Å². The lowest BCUT2D eigenvalue weighted by Gasteiger charge is -2.11. The maximum atomic E-state index is 11.2. The predicted molar refractivity (Wildman–Crippen MR) is 52.2 cm³/mol. The SMILES string of the molecule is COC(=O)C(NC(=O)C(C)N)=C(C)C. The number of carbonyl (C=O) groups excluding carboxylic acids is 2. The van der Waals surface area contributed by atoms with Crippen molar-refractivity contribution in [3.8, 4) is 0 Å². The number of rotatable bonds is 3. The number of esters is 1. The zero-order chi connectivity index (χ0) is 11.3. The Kier molecular flexibility index (Phi) is 4.86. The van der Waals surface area contributed by atoms with Gasteiger partial charge in [-0.3, -0.25) is 4.79 Å². The monoisotopic (exact) mass is 200 g/mol. The van der Waals surface area contributed by atoms with E-state index >= 15 is 0 Å². The van der Waals surface area contributed by atoms with Crippen molar-refractivity contribution < 1.29 is 14.3 Å². The molecule has 80 valence electrons. The lowest BCUT2D eigenvalue weighted by molar-refractivity contribution is -0.138. The molecule has 5 nitrogen and oxygen atoms in total. The molecule has 1 atom stereocenters. The number of carbonyl (C=O) groups is 2. The fourth-order valence-corrected chi connectivity index (χ4v) is 0.719. The summed E-state index contributed by atoms with van der Waals surface area (Å²) in [4.78, 5) is 22.4. The van der Waals surface area contributed by atoms with Gasteiger partial charge in [0, 0.05) is 0 Å². The first-order valence-corrected chi connectivity index (χ1v) is 4.22. The number of allylic oxidation sites excluding steroid dienone is 1. The second-order valence-corrected chi connectivity index (χ2v) is 3.14. The van der Waals surface area contributed by atoms with E-state index in [2.05, 4.69) is 10.1 Å². The molecular formula is C9H16N2O3. The van der Waals surface area contributed by atoms with E-state index in [1.165, 1.54) is 14.0 Å². The minimum atomic E-state index is -0.658. The van der Waals surface area contributed by atoms with Gasteiger partial charge in [-0.25, -0.2) is 4.79 Å². The van der Waals surface area contributed by atoms with Crippen LogP contribution in [0.25, 0.3) is 0 Å². The van der Waals surface area contributed by atoms with Gasteiger partial charge in [0.15, 0.2) is 0 Å². The molecule has 0 spiro atoms. The van der Waals surface area contributed by atoms with E-state index in [9.17, 15) is 9.59 Å². The number of ether oxygens (including phenoxy) is 1. The standard InChI is InChI=1S/C9H16N2O3/c1-5(2)7(9(13)14-4)11-8(12)6(3)10/h6H,10H2,1-4H3,(H,11,12). The van der Waals surface area contributed by atoms with Crippen molar-refractivity contribution in [3.05, 3.63) is 11.3 Å². The third kappa shape index (κ3) is 3.57. The summed E-state index contributed by atoms with van der Waals surface area (Å²) in [6, 6.07) is -0.658. The highest BCUT2D eigenvalue weighted by Crippen LogP contribution is 2.01. The van der Waals surface area contributed by atoms with E-state index in [0.29, 0.717) is 5.57 Å². The van der Waals surface area contributed by atoms with Gasteiger partial charge >= 0.3 is 5.97 Å². The summed E-state index contributed by atoms with van der Waals surface area (Å²) in [5, 5.41) is 2.41. The van der Waals surface area contributed by atoms with Crippen molar-refractivity contribution in [3.63, 3.8) is 0 Å². The van der Waals surface area contributed by atoms with E-state index in [1.807, 2.05) is 0 Å². The second-order valence-electron chi connectivity index (χ2n) is 3.14. The first-order valence-electron chi connectivity index (χ1n) is 4.22. The predicted octanol–water partition coefficient (Wildman–Crippen LogP) is -0.0833. The van der Waals surface area contributed by atoms with Crippen LogP contribution in [0.15, 0.2) is 11.3 Å². The Morgan fingerprint density at radius 2 is 1.86 bits per heavy atom. The Hall–Kier alpha value is -1.36. The van der Waals surface area contributed by atoms with Gasteiger partial charge in [-0.2, -0.15) is 0 Å². The normalized spacial score (nSPS) is 11.5. The Bertz CT molecular complexity index is 265. The number of hydrogen-bond acceptors (Lipinski definition) is 4. The van der Waals surface area contributed by atoms with Crippen molar-refractivity contribution in [1.29, 1.82) is 0 Å². The van der Waals surface area contributed by atoms with Crippen LogP contribution in [-0.4, -0.2) is 25.0 Å². The molecule has 0 fully saturated rings. The summed E-state index contributed by atoms with van der Waals surface area (Å²) < 4.78 is 4.50. The van der Waals surface area contributed by atoms with Crippen LogP contribution in [0.4, 0.5) is 0 Å². The highest BCUT2D eigenvalue weighted by atomic mass is 16.5. The molecule has 3 N–H and O–H groups in total. The second kappa shape index (κ2) is 5.39. The maximum absolute atomic E-state index is 11.2.